The van der Waals surface area contributed by atoms with E-state index in [1.54, 1.807) is 0 Å². The third kappa shape index (κ3) is 2.53. The zero-order chi connectivity index (χ0) is 13.1. The van der Waals surface area contributed by atoms with Crippen molar-refractivity contribution in [2.75, 3.05) is 0 Å². The minimum atomic E-state index is -0.180. The molecule has 1 unspecified atom stereocenters. The van der Waals surface area contributed by atoms with Crippen molar-refractivity contribution in [3.8, 4) is 0 Å². The van der Waals surface area contributed by atoms with Gasteiger partial charge in [-0.3, -0.25) is 0 Å². The van der Waals surface area contributed by atoms with Crippen LogP contribution in [0.2, 0.25) is 0 Å². The molecular weight excluding hydrogens is 236 g/mol. The number of carbonyl (C=O) groups excluding carboxylic acids is 1. The third-order valence-corrected chi connectivity index (χ3v) is 3.55. The Hall–Kier alpha value is -2.09. The molecule has 3 rings (SSSR count). The molecule has 96 valence electrons. The molecule has 1 heterocycles. The number of ether oxygens (including phenoxy) is 1. The van der Waals surface area contributed by atoms with Crippen molar-refractivity contribution in [3.63, 3.8) is 0 Å². The van der Waals surface area contributed by atoms with Crippen molar-refractivity contribution in [2.24, 2.45) is 0 Å². The SMILES string of the molecule is O=C1OC(CCCc2ccccc2)c2ccccc21. The molecule has 2 aromatic carbocycles. The van der Waals surface area contributed by atoms with Gasteiger partial charge in [0.2, 0.25) is 0 Å². The lowest BCUT2D eigenvalue weighted by molar-refractivity contribution is 0.0365. The van der Waals surface area contributed by atoms with Crippen LogP contribution >= 0.6 is 0 Å². The molecule has 0 amide bonds. The van der Waals surface area contributed by atoms with E-state index in [0.717, 1.165) is 30.4 Å². The Balaban J connectivity index is 1.62. The topological polar surface area (TPSA) is 26.3 Å². The second kappa shape index (κ2) is 5.27. The molecule has 1 atom stereocenters. The molecule has 0 N–H and O–H groups in total. The fourth-order valence-electron chi connectivity index (χ4n) is 2.57. The van der Waals surface area contributed by atoms with Crippen molar-refractivity contribution >= 4 is 5.97 Å². The summed E-state index contributed by atoms with van der Waals surface area (Å²) in [6, 6.07) is 18.1. The van der Waals surface area contributed by atoms with E-state index < -0.39 is 0 Å². The van der Waals surface area contributed by atoms with Gasteiger partial charge in [-0.25, -0.2) is 4.79 Å². The highest BCUT2D eigenvalue weighted by atomic mass is 16.5. The van der Waals surface area contributed by atoms with Crippen LogP contribution < -0.4 is 0 Å². The first-order valence-electron chi connectivity index (χ1n) is 6.68. The Kier molecular flexibility index (Phi) is 3.32. The molecule has 0 saturated carbocycles. The number of cyclic esters (lactones) is 1. The van der Waals surface area contributed by atoms with Gasteiger partial charge in [-0.05, 0) is 30.9 Å². The Morgan fingerprint density at radius 1 is 0.947 bits per heavy atom. The van der Waals surface area contributed by atoms with Crippen molar-refractivity contribution in [1.29, 1.82) is 0 Å². The lowest BCUT2D eigenvalue weighted by Crippen LogP contribution is -1.99. The van der Waals surface area contributed by atoms with Crippen LogP contribution in [0.25, 0.3) is 0 Å². The quantitative estimate of drug-likeness (QED) is 0.771. The molecule has 1 aliphatic rings. The molecule has 0 saturated heterocycles. The van der Waals surface area contributed by atoms with E-state index in [0.29, 0.717) is 0 Å². The van der Waals surface area contributed by atoms with Crippen LogP contribution in [0.1, 0.15) is 40.4 Å². The fraction of sp³-hybridized carbons (Fsp3) is 0.235. The maximum Gasteiger partial charge on any atom is 0.339 e. The number of rotatable bonds is 4. The molecule has 0 bridgehead atoms. The number of fused-ring (bicyclic) bond motifs is 1. The summed E-state index contributed by atoms with van der Waals surface area (Å²) in [7, 11) is 0. The first-order valence-corrected chi connectivity index (χ1v) is 6.68. The van der Waals surface area contributed by atoms with Crippen molar-refractivity contribution in [3.05, 3.63) is 71.3 Å². The number of hydrogen-bond acceptors (Lipinski definition) is 2. The molecular formula is C17H16O2. The Morgan fingerprint density at radius 2 is 1.68 bits per heavy atom. The van der Waals surface area contributed by atoms with Crippen LogP contribution in [-0.4, -0.2) is 5.97 Å². The van der Waals surface area contributed by atoms with E-state index in [1.807, 2.05) is 30.3 Å². The monoisotopic (exact) mass is 252 g/mol. The lowest BCUT2D eigenvalue weighted by Gasteiger charge is -2.10. The molecule has 1 aliphatic heterocycles. The van der Waals surface area contributed by atoms with Gasteiger partial charge in [-0.1, -0.05) is 48.5 Å². The highest BCUT2D eigenvalue weighted by Gasteiger charge is 2.29. The highest BCUT2D eigenvalue weighted by Crippen LogP contribution is 2.33. The van der Waals surface area contributed by atoms with Crippen LogP contribution in [0.4, 0.5) is 0 Å². The maximum atomic E-state index is 11.7. The van der Waals surface area contributed by atoms with E-state index in [2.05, 4.69) is 24.3 Å². The third-order valence-electron chi connectivity index (χ3n) is 3.55. The second-order valence-corrected chi connectivity index (χ2v) is 4.86. The average Bonchev–Trinajstić information content (AvgIpc) is 2.78. The van der Waals surface area contributed by atoms with Crippen LogP contribution in [0, 0.1) is 0 Å². The molecule has 0 spiro atoms. The number of hydrogen-bond donors (Lipinski definition) is 0. The molecule has 0 radical (unpaired) electrons. The summed E-state index contributed by atoms with van der Waals surface area (Å²) in [4.78, 5) is 11.7. The number of benzene rings is 2. The Morgan fingerprint density at radius 3 is 2.53 bits per heavy atom. The summed E-state index contributed by atoms with van der Waals surface area (Å²) in [5.74, 6) is -0.180. The Labute approximate surface area is 113 Å². The molecule has 19 heavy (non-hydrogen) atoms. The van der Waals surface area contributed by atoms with Crippen molar-refractivity contribution in [2.45, 2.75) is 25.4 Å². The number of esters is 1. The zero-order valence-electron chi connectivity index (χ0n) is 10.7. The van der Waals surface area contributed by atoms with E-state index in [1.165, 1.54) is 5.56 Å². The molecule has 0 fully saturated rings. The minimum Gasteiger partial charge on any atom is -0.454 e. The van der Waals surface area contributed by atoms with E-state index in [4.69, 9.17) is 4.74 Å². The molecule has 0 aliphatic carbocycles. The number of aryl methyl sites for hydroxylation is 1. The summed E-state index contributed by atoms with van der Waals surface area (Å²) >= 11 is 0. The maximum absolute atomic E-state index is 11.7. The molecule has 0 aromatic heterocycles. The van der Waals surface area contributed by atoms with Gasteiger partial charge in [0.05, 0.1) is 5.56 Å². The molecule has 2 heteroatoms. The predicted molar refractivity (Wildman–Crippen MR) is 74.0 cm³/mol. The highest BCUT2D eigenvalue weighted by molar-refractivity contribution is 5.93. The van der Waals surface area contributed by atoms with Gasteiger partial charge in [0.25, 0.3) is 0 Å². The van der Waals surface area contributed by atoms with Crippen LogP contribution in [-0.2, 0) is 11.2 Å². The second-order valence-electron chi connectivity index (χ2n) is 4.86. The first kappa shape index (κ1) is 12.0. The van der Waals surface area contributed by atoms with Crippen LogP contribution in [0.3, 0.4) is 0 Å². The summed E-state index contributed by atoms with van der Waals surface area (Å²) < 4.78 is 5.43. The van der Waals surface area contributed by atoms with Crippen LogP contribution in [0.15, 0.2) is 54.6 Å². The van der Waals surface area contributed by atoms with E-state index >= 15 is 0 Å². The molecule has 2 aromatic rings. The summed E-state index contributed by atoms with van der Waals surface area (Å²) in [5.41, 5.74) is 3.10. The first-order chi connectivity index (χ1) is 9.34. The van der Waals surface area contributed by atoms with Crippen molar-refractivity contribution < 1.29 is 9.53 Å². The van der Waals surface area contributed by atoms with Crippen LogP contribution in [0.5, 0.6) is 0 Å². The Bertz CT molecular complexity index is 575. The largest absolute Gasteiger partial charge is 0.454 e. The van der Waals surface area contributed by atoms with Gasteiger partial charge < -0.3 is 4.74 Å². The fourth-order valence-corrected chi connectivity index (χ4v) is 2.57. The van der Waals surface area contributed by atoms with Gasteiger partial charge in [0.1, 0.15) is 6.10 Å². The molecule has 2 nitrogen and oxygen atoms in total. The van der Waals surface area contributed by atoms with Gasteiger partial charge in [0.15, 0.2) is 0 Å². The van der Waals surface area contributed by atoms with Gasteiger partial charge >= 0.3 is 5.97 Å². The summed E-state index contributed by atoms with van der Waals surface area (Å²) in [6.07, 6.45) is 2.87. The van der Waals surface area contributed by atoms with Gasteiger partial charge in [-0.15, -0.1) is 0 Å². The van der Waals surface area contributed by atoms with Gasteiger partial charge in [-0.2, -0.15) is 0 Å². The smallest absolute Gasteiger partial charge is 0.339 e. The summed E-state index contributed by atoms with van der Waals surface area (Å²) in [5, 5.41) is 0. The minimum absolute atomic E-state index is 0.0626. The standard InChI is InChI=1S/C17H16O2/c18-17-15-11-5-4-10-14(15)16(19-17)12-6-9-13-7-2-1-3-8-13/h1-5,7-8,10-11,16H,6,9,12H2. The van der Waals surface area contributed by atoms with Gasteiger partial charge in [0, 0.05) is 5.56 Å². The normalized spacial score (nSPS) is 17.1. The lowest BCUT2D eigenvalue weighted by atomic mass is 9.99. The van der Waals surface area contributed by atoms with Crippen molar-refractivity contribution in [1.82, 2.24) is 0 Å². The number of carbonyl (C=O) groups is 1. The summed E-state index contributed by atoms with van der Waals surface area (Å²) in [6.45, 7) is 0. The zero-order valence-corrected chi connectivity index (χ0v) is 10.7. The predicted octanol–water partition coefficient (Wildman–Crippen LogP) is 3.92. The van der Waals surface area contributed by atoms with E-state index in [9.17, 15) is 4.79 Å². The average molecular weight is 252 g/mol. The van der Waals surface area contributed by atoms with E-state index in [-0.39, 0.29) is 12.1 Å².